The normalized spacial score (nSPS) is 17.8. The molecular weight excluding hydrogens is 258 g/mol. The number of aromatic nitrogens is 2. The van der Waals surface area contributed by atoms with Crippen molar-refractivity contribution < 1.29 is 14.6 Å². The minimum absolute atomic E-state index is 0.0809. The Bertz CT molecular complexity index is 437. The van der Waals surface area contributed by atoms with Crippen LogP contribution in [-0.4, -0.2) is 51.3 Å². The highest BCUT2D eigenvalue weighted by molar-refractivity contribution is 5.68. The van der Waals surface area contributed by atoms with E-state index in [0.29, 0.717) is 6.04 Å². The van der Waals surface area contributed by atoms with Crippen LogP contribution in [0.2, 0.25) is 0 Å². The van der Waals surface area contributed by atoms with Gasteiger partial charge in [-0.1, -0.05) is 0 Å². The Labute approximate surface area is 119 Å². The maximum atomic E-state index is 10.5. The Hall–Kier alpha value is -1.40. The number of nitrogens with zero attached hydrogens (tertiary/aromatic N) is 3. The van der Waals surface area contributed by atoms with Gasteiger partial charge in [0.15, 0.2) is 0 Å². The molecule has 1 aromatic rings. The van der Waals surface area contributed by atoms with E-state index >= 15 is 0 Å². The molecule has 6 heteroatoms. The zero-order valence-electron chi connectivity index (χ0n) is 12.2. The van der Waals surface area contributed by atoms with Gasteiger partial charge in [0.2, 0.25) is 0 Å². The fourth-order valence-corrected chi connectivity index (χ4v) is 2.57. The molecule has 0 radical (unpaired) electrons. The van der Waals surface area contributed by atoms with Crippen LogP contribution in [-0.2, 0) is 16.1 Å². The predicted molar refractivity (Wildman–Crippen MR) is 74.5 cm³/mol. The Morgan fingerprint density at radius 1 is 1.50 bits per heavy atom. The molecule has 0 unspecified atom stereocenters. The van der Waals surface area contributed by atoms with Gasteiger partial charge in [-0.3, -0.25) is 4.90 Å². The molecule has 20 heavy (non-hydrogen) atoms. The minimum atomic E-state index is -0.895. The number of ether oxygens (including phenoxy) is 1. The summed E-state index contributed by atoms with van der Waals surface area (Å²) < 4.78 is 7.53. The molecule has 0 bridgehead atoms. The summed E-state index contributed by atoms with van der Waals surface area (Å²) >= 11 is 0. The molecule has 0 amide bonds. The van der Waals surface area contributed by atoms with Crippen LogP contribution in [0.15, 0.2) is 12.5 Å². The van der Waals surface area contributed by atoms with Gasteiger partial charge in [-0.15, -0.1) is 0 Å². The van der Waals surface area contributed by atoms with E-state index in [2.05, 4.69) is 28.3 Å². The second-order valence-corrected chi connectivity index (χ2v) is 5.57. The number of carboxylic acids is 1. The van der Waals surface area contributed by atoms with Crippen molar-refractivity contribution in [2.45, 2.75) is 45.4 Å². The van der Waals surface area contributed by atoms with Crippen molar-refractivity contribution in [2.75, 3.05) is 19.7 Å². The third kappa shape index (κ3) is 4.05. The average molecular weight is 281 g/mol. The van der Waals surface area contributed by atoms with Crippen LogP contribution in [0.25, 0.3) is 0 Å². The van der Waals surface area contributed by atoms with Crippen molar-refractivity contribution in [2.24, 2.45) is 0 Å². The van der Waals surface area contributed by atoms with Crippen LogP contribution in [0.5, 0.6) is 0 Å². The Morgan fingerprint density at radius 2 is 2.20 bits per heavy atom. The molecule has 1 aromatic heterocycles. The fraction of sp³-hybridized carbons (Fsp3) is 0.714. The molecule has 1 aliphatic rings. The predicted octanol–water partition coefficient (Wildman–Crippen LogP) is 1.53. The van der Waals surface area contributed by atoms with Crippen LogP contribution in [0.3, 0.4) is 0 Å². The quantitative estimate of drug-likeness (QED) is 0.856. The van der Waals surface area contributed by atoms with Crippen LogP contribution in [0, 0.1) is 0 Å². The zero-order valence-corrected chi connectivity index (χ0v) is 12.2. The number of aliphatic carboxylic acids is 1. The summed E-state index contributed by atoms with van der Waals surface area (Å²) in [5.41, 5.74) is 1.23. The van der Waals surface area contributed by atoms with Crippen LogP contribution in [0.4, 0.5) is 0 Å². The SMILES string of the molecule is CC(C)n1cncc1CN1CCC(OCC(=O)O)CC1. The van der Waals surface area contributed by atoms with Gasteiger partial charge < -0.3 is 14.4 Å². The van der Waals surface area contributed by atoms with Crippen molar-refractivity contribution in [1.82, 2.24) is 14.5 Å². The van der Waals surface area contributed by atoms with E-state index in [0.717, 1.165) is 32.5 Å². The van der Waals surface area contributed by atoms with Gasteiger partial charge in [0.25, 0.3) is 0 Å². The van der Waals surface area contributed by atoms with Crippen molar-refractivity contribution in [3.05, 3.63) is 18.2 Å². The smallest absolute Gasteiger partial charge is 0.329 e. The number of imidazole rings is 1. The van der Waals surface area contributed by atoms with Crippen LogP contribution < -0.4 is 0 Å². The van der Waals surface area contributed by atoms with E-state index in [1.54, 1.807) is 0 Å². The molecule has 1 fully saturated rings. The van der Waals surface area contributed by atoms with Gasteiger partial charge in [-0.25, -0.2) is 9.78 Å². The highest BCUT2D eigenvalue weighted by Crippen LogP contribution is 2.17. The van der Waals surface area contributed by atoms with Crippen molar-refractivity contribution in [3.8, 4) is 0 Å². The maximum Gasteiger partial charge on any atom is 0.329 e. The number of hydrogen-bond donors (Lipinski definition) is 1. The third-order valence-corrected chi connectivity index (χ3v) is 3.67. The molecule has 2 rings (SSSR count). The van der Waals surface area contributed by atoms with Gasteiger partial charge in [-0.05, 0) is 26.7 Å². The van der Waals surface area contributed by atoms with E-state index < -0.39 is 5.97 Å². The number of carboxylic acid groups (broad SMARTS) is 1. The topological polar surface area (TPSA) is 67.6 Å². The number of carbonyl (C=O) groups is 1. The monoisotopic (exact) mass is 281 g/mol. The van der Waals surface area contributed by atoms with E-state index in [-0.39, 0.29) is 12.7 Å². The summed E-state index contributed by atoms with van der Waals surface area (Å²) in [5.74, 6) is -0.895. The first kappa shape index (κ1) is 15.0. The number of hydrogen-bond acceptors (Lipinski definition) is 4. The van der Waals surface area contributed by atoms with E-state index in [4.69, 9.17) is 9.84 Å². The zero-order chi connectivity index (χ0) is 14.5. The molecular formula is C14H23N3O3. The highest BCUT2D eigenvalue weighted by atomic mass is 16.5. The van der Waals surface area contributed by atoms with Gasteiger partial charge in [0, 0.05) is 31.9 Å². The Morgan fingerprint density at radius 3 is 2.80 bits per heavy atom. The van der Waals surface area contributed by atoms with Gasteiger partial charge in [0.05, 0.1) is 18.1 Å². The molecule has 0 aromatic carbocycles. The maximum absolute atomic E-state index is 10.5. The summed E-state index contributed by atoms with van der Waals surface area (Å²) in [6.45, 7) is 6.88. The molecule has 6 nitrogen and oxygen atoms in total. The molecule has 1 saturated heterocycles. The molecule has 0 aliphatic carbocycles. The number of piperidine rings is 1. The molecule has 112 valence electrons. The molecule has 0 atom stereocenters. The first-order valence-corrected chi connectivity index (χ1v) is 7.12. The molecule has 2 heterocycles. The van der Waals surface area contributed by atoms with Crippen LogP contribution >= 0.6 is 0 Å². The highest BCUT2D eigenvalue weighted by Gasteiger charge is 2.21. The van der Waals surface area contributed by atoms with Gasteiger partial charge in [0.1, 0.15) is 6.61 Å². The second-order valence-electron chi connectivity index (χ2n) is 5.57. The first-order chi connectivity index (χ1) is 9.56. The lowest BCUT2D eigenvalue weighted by atomic mass is 10.1. The summed E-state index contributed by atoms with van der Waals surface area (Å²) in [4.78, 5) is 17.1. The Kier molecular flexibility index (Phi) is 5.14. The largest absolute Gasteiger partial charge is 0.480 e. The molecule has 0 spiro atoms. The molecule has 1 aliphatic heterocycles. The number of rotatable bonds is 6. The Balaban J connectivity index is 1.79. The summed E-state index contributed by atoms with van der Waals surface area (Å²) in [6.07, 6.45) is 5.67. The van der Waals surface area contributed by atoms with E-state index in [1.165, 1.54) is 5.69 Å². The standard InChI is InChI=1S/C14H23N3O3/c1-11(2)17-10-15-7-12(17)8-16-5-3-13(4-6-16)20-9-14(18)19/h7,10-11,13H,3-6,8-9H2,1-2H3,(H,18,19). The fourth-order valence-electron chi connectivity index (χ4n) is 2.57. The lowest BCUT2D eigenvalue weighted by molar-refractivity contribution is -0.145. The van der Waals surface area contributed by atoms with Gasteiger partial charge in [-0.2, -0.15) is 0 Å². The average Bonchev–Trinajstić information content (AvgIpc) is 2.86. The summed E-state index contributed by atoms with van der Waals surface area (Å²) in [5, 5.41) is 8.60. The van der Waals surface area contributed by atoms with E-state index in [9.17, 15) is 4.79 Å². The minimum Gasteiger partial charge on any atom is -0.480 e. The summed E-state index contributed by atoms with van der Waals surface area (Å²) in [6, 6.07) is 0.420. The van der Waals surface area contributed by atoms with Gasteiger partial charge >= 0.3 is 5.97 Å². The lowest BCUT2D eigenvalue weighted by Crippen LogP contribution is -2.37. The first-order valence-electron chi connectivity index (χ1n) is 7.12. The van der Waals surface area contributed by atoms with Crippen molar-refractivity contribution in [1.29, 1.82) is 0 Å². The lowest BCUT2D eigenvalue weighted by Gasteiger charge is -2.31. The molecule has 0 saturated carbocycles. The molecule has 1 N–H and O–H groups in total. The van der Waals surface area contributed by atoms with Crippen molar-refractivity contribution >= 4 is 5.97 Å². The van der Waals surface area contributed by atoms with E-state index in [1.807, 2.05) is 12.5 Å². The second kappa shape index (κ2) is 6.85. The van der Waals surface area contributed by atoms with Crippen molar-refractivity contribution in [3.63, 3.8) is 0 Å². The number of likely N-dealkylation sites (tertiary alicyclic amines) is 1. The third-order valence-electron chi connectivity index (χ3n) is 3.67. The van der Waals surface area contributed by atoms with Crippen LogP contribution in [0.1, 0.15) is 38.4 Å². The summed E-state index contributed by atoms with van der Waals surface area (Å²) in [7, 11) is 0.